The van der Waals surface area contributed by atoms with Gasteiger partial charge in [0.1, 0.15) is 11.3 Å². The maximum absolute atomic E-state index is 11.7. The second-order valence-corrected chi connectivity index (χ2v) is 3.98. The third kappa shape index (κ3) is 1.64. The molecule has 0 spiro atoms. The average Bonchev–Trinajstić information content (AvgIpc) is 2.73. The van der Waals surface area contributed by atoms with Gasteiger partial charge in [0, 0.05) is 6.07 Å². The number of hydrogen-bond acceptors (Lipinski definition) is 5. The molecule has 0 radical (unpaired) electrons. The number of ketones is 1. The number of methoxy groups -OCH3 is 1. The highest BCUT2D eigenvalue weighted by Gasteiger charge is 2.27. The summed E-state index contributed by atoms with van der Waals surface area (Å²) in [7, 11) is 1.48. The van der Waals surface area contributed by atoms with Gasteiger partial charge in [0.25, 0.3) is 0 Å². The van der Waals surface area contributed by atoms with Gasteiger partial charge in [-0.25, -0.2) is 0 Å². The Labute approximate surface area is 101 Å². The van der Waals surface area contributed by atoms with Crippen LogP contribution in [0.3, 0.4) is 0 Å². The fraction of sp³-hybridized carbons (Fsp3) is 0.300. The maximum Gasteiger partial charge on any atom is 0.231 e. The average molecular weight is 288 g/mol. The summed E-state index contributed by atoms with van der Waals surface area (Å²) in [5.74, 6) is 1.08. The van der Waals surface area contributed by atoms with Crippen LogP contribution in [-0.2, 0) is 0 Å². The minimum atomic E-state index is -0.250. The van der Waals surface area contributed by atoms with Crippen molar-refractivity contribution < 1.29 is 19.0 Å². The van der Waals surface area contributed by atoms with Gasteiger partial charge < -0.3 is 19.9 Å². The number of benzene rings is 1. The van der Waals surface area contributed by atoms with Crippen LogP contribution in [0.2, 0.25) is 0 Å². The number of carbonyl (C=O) groups is 1. The molecule has 0 saturated heterocycles. The van der Waals surface area contributed by atoms with Gasteiger partial charge in [-0.15, -0.1) is 0 Å². The van der Waals surface area contributed by atoms with E-state index in [1.54, 1.807) is 6.07 Å². The molecule has 0 aromatic heterocycles. The van der Waals surface area contributed by atoms with Crippen molar-refractivity contribution in [1.82, 2.24) is 0 Å². The molecule has 0 saturated carbocycles. The first kappa shape index (κ1) is 11.2. The molecule has 0 bridgehead atoms. The van der Waals surface area contributed by atoms with E-state index in [0.717, 1.165) is 0 Å². The number of carbonyl (C=O) groups excluding carboxylic acids is 1. The second kappa shape index (κ2) is 4.31. The van der Waals surface area contributed by atoms with Gasteiger partial charge in [-0.2, -0.15) is 0 Å². The third-order valence-electron chi connectivity index (χ3n) is 2.24. The molecule has 1 heterocycles. The van der Waals surface area contributed by atoms with Crippen molar-refractivity contribution in [2.75, 3.05) is 20.4 Å². The van der Waals surface area contributed by atoms with E-state index in [-0.39, 0.29) is 19.1 Å². The summed E-state index contributed by atoms with van der Waals surface area (Å²) in [6, 6.07) is 1.70. The van der Waals surface area contributed by atoms with E-state index in [0.29, 0.717) is 27.3 Å². The first-order valence-electron chi connectivity index (χ1n) is 4.58. The minimum Gasteiger partial charge on any atom is -0.495 e. The molecule has 16 heavy (non-hydrogen) atoms. The molecule has 5 nitrogen and oxygen atoms in total. The summed E-state index contributed by atoms with van der Waals surface area (Å²) in [5.41, 5.74) is 5.68. The topological polar surface area (TPSA) is 70.8 Å². The zero-order chi connectivity index (χ0) is 11.7. The van der Waals surface area contributed by atoms with Crippen molar-refractivity contribution in [3.8, 4) is 17.2 Å². The Bertz CT molecular complexity index is 443. The Kier molecular flexibility index (Phi) is 3.02. The van der Waals surface area contributed by atoms with E-state index < -0.39 is 0 Å². The Morgan fingerprint density at radius 3 is 3.00 bits per heavy atom. The van der Waals surface area contributed by atoms with Crippen molar-refractivity contribution in [2.24, 2.45) is 5.73 Å². The Hall–Kier alpha value is -1.27. The SMILES string of the molecule is COc1c(Br)cc2c(c1C(=O)CN)OCO2. The van der Waals surface area contributed by atoms with E-state index in [1.807, 2.05) is 0 Å². The zero-order valence-corrected chi connectivity index (χ0v) is 10.2. The van der Waals surface area contributed by atoms with Gasteiger partial charge in [-0.1, -0.05) is 0 Å². The highest BCUT2D eigenvalue weighted by molar-refractivity contribution is 9.10. The number of rotatable bonds is 3. The predicted molar refractivity (Wildman–Crippen MR) is 60.2 cm³/mol. The molecule has 0 aliphatic carbocycles. The van der Waals surface area contributed by atoms with Crippen LogP contribution >= 0.6 is 15.9 Å². The normalized spacial score (nSPS) is 12.7. The summed E-state index contributed by atoms with van der Waals surface area (Å²) in [5, 5.41) is 0. The minimum absolute atomic E-state index is 0.0970. The van der Waals surface area contributed by atoms with Crippen LogP contribution in [0.4, 0.5) is 0 Å². The van der Waals surface area contributed by atoms with E-state index in [1.165, 1.54) is 7.11 Å². The van der Waals surface area contributed by atoms with Crippen LogP contribution in [0.1, 0.15) is 10.4 Å². The Morgan fingerprint density at radius 2 is 2.38 bits per heavy atom. The smallest absolute Gasteiger partial charge is 0.231 e. The lowest BCUT2D eigenvalue weighted by atomic mass is 10.1. The summed E-state index contributed by atoms with van der Waals surface area (Å²) in [6.07, 6.45) is 0. The van der Waals surface area contributed by atoms with Gasteiger partial charge in [-0.3, -0.25) is 4.79 Å². The highest BCUT2D eigenvalue weighted by atomic mass is 79.9. The first-order chi connectivity index (χ1) is 7.69. The number of fused-ring (bicyclic) bond motifs is 1. The molecule has 2 rings (SSSR count). The van der Waals surface area contributed by atoms with Crippen LogP contribution in [0.25, 0.3) is 0 Å². The van der Waals surface area contributed by atoms with Crippen molar-refractivity contribution in [2.45, 2.75) is 0 Å². The summed E-state index contributed by atoms with van der Waals surface area (Å²) >= 11 is 3.30. The van der Waals surface area contributed by atoms with Crippen LogP contribution in [-0.4, -0.2) is 26.2 Å². The molecule has 0 unspecified atom stereocenters. The lowest BCUT2D eigenvalue weighted by Crippen LogP contribution is -2.15. The molecule has 1 aromatic carbocycles. The molecular formula is C10H10BrNO4. The molecule has 0 fully saturated rings. The third-order valence-corrected chi connectivity index (χ3v) is 2.83. The van der Waals surface area contributed by atoms with Crippen molar-refractivity contribution in [3.05, 3.63) is 16.1 Å². The molecule has 1 aromatic rings. The number of hydrogen-bond donors (Lipinski definition) is 1. The Morgan fingerprint density at radius 1 is 1.62 bits per heavy atom. The maximum atomic E-state index is 11.7. The monoisotopic (exact) mass is 287 g/mol. The molecule has 86 valence electrons. The molecule has 0 atom stereocenters. The van der Waals surface area contributed by atoms with Crippen LogP contribution in [0.15, 0.2) is 10.5 Å². The standard InChI is InChI=1S/C10H10BrNO4/c1-14-9-5(11)2-7-10(16-4-15-7)8(9)6(13)3-12/h2H,3-4,12H2,1H3. The van der Waals surface area contributed by atoms with E-state index in [4.69, 9.17) is 19.9 Å². The molecule has 0 amide bonds. The fourth-order valence-corrected chi connectivity index (χ4v) is 2.12. The number of halogens is 1. The number of Topliss-reactive ketones (excluding diaryl/α,β-unsaturated/α-hetero) is 1. The van der Waals surface area contributed by atoms with Crippen LogP contribution in [0, 0.1) is 0 Å². The van der Waals surface area contributed by atoms with Gasteiger partial charge in [0.05, 0.1) is 18.1 Å². The molecule has 1 aliphatic heterocycles. The van der Waals surface area contributed by atoms with E-state index >= 15 is 0 Å². The van der Waals surface area contributed by atoms with Crippen molar-refractivity contribution >= 4 is 21.7 Å². The van der Waals surface area contributed by atoms with E-state index in [2.05, 4.69) is 15.9 Å². The van der Waals surface area contributed by atoms with Crippen LogP contribution < -0.4 is 19.9 Å². The quantitative estimate of drug-likeness (QED) is 0.850. The van der Waals surface area contributed by atoms with Crippen molar-refractivity contribution in [3.63, 3.8) is 0 Å². The van der Waals surface area contributed by atoms with Gasteiger partial charge in [0.2, 0.25) is 6.79 Å². The van der Waals surface area contributed by atoms with Gasteiger partial charge in [0.15, 0.2) is 17.3 Å². The Balaban J connectivity index is 2.66. The number of ether oxygens (including phenoxy) is 3. The van der Waals surface area contributed by atoms with Crippen LogP contribution in [0.5, 0.6) is 17.2 Å². The molecule has 2 N–H and O–H groups in total. The molecule has 1 aliphatic rings. The summed E-state index contributed by atoms with van der Waals surface area (Å²) < 4.78 is 16.3. The highest BCUT2D eigenvalue weighted by Crippen LogP contribution is 2.45. The first-order valence-corrected chi connectivity index (χ1v) is 5.37. The number of nitrogens with two attached hydrogens (primary N) is 1. The van der Waals surface area contributed by atoms with Gasteiger partial charge in [-0.05, 0) is 15.9 Å². The predicted octanol–water partition coefficient (Wildman–Crippen LogP) is 1.33. The lowest BCUT2D eigenvalue weighted by Gasteiger charge is -2.11. The molecular weight excluding hydrogens is 278 g/mol. The molecule has 6 heteroatoms. The summed E-state index contributed by atoms with van der Waals surface area (Å²) in [4.78, 5) is 11.7. The summed E-state index contributed by atoms with van der Waals surface area (Å²) in [6.45, 7) is -0.0115. The lowest BCUT2D eigenvalue weighted by molar-refractivity contribution is 0.0993. The zero-order valence-electron chi connectivity index (χ0n) is 8.58. The largest absolute Gasteiger partial charge is 0.495 e. The van der Waals surface area contributed by atoms with Crippen molar-refractivity contribution in [1.29, 1.82) is 0 Å². The second-order valence-electron chi connectivity index (χ2n) is 3.13. The fourth-order valence-electron chi connectivity index (χ4n) is 1.55. The van der Waals surface area contributed by atoms with E-state index in [9.17, 15) is 4.79 Å². The van der Waals surface area contributed by atoms with Gasteiger partial charge >= 0.3 is 0 Å².